The standard InChI is InChI=1S/2C11H6F6N2/c2*12-10(13,14)5-1-2-6-7(18)4-9(11(15,16)17)19-8(6)3-5/h2*1-4H,(H2,18,19). The topological polar surface area (TPSA) is 77.8 Å². The third-order valence-corrected chi connectivity index (χ3v) is 4.92. The maximum Gasteiger partial charge on any atom is 0.433 e. The summed E-state index contributed by atoms with van der Waals surface area (Å²) in [4.78, 5) is 6.35. The number of nitrogens with zero attached hydrogens (tertiary/aromatic N) is 2. The molecule has 2 heterocycles. The summed E-state index contributed by atoms with van der Waals surface area (Å²) < 4.78 is 150. The van der Waals surface area contributed by atoms with Crippen molar-refractivity contribution >= 4 is 33.2 Å². The van der Waals surface area contributed by atoms with Crippen molar-refractivity contribution in [2.45, 2.75) is 24.7 Å². The van der Waals surface area contributed by atoms with Crippen LogP contribution in [0.25, 0.3) is 21.8 Å². The molecule has 0 saturated heterocycles. The van der Waals surface area contributed by atoms with Gasteiger partial charge >= 0.3 is 24.7 Å². The van der Waals surface area contributed by atoms with E-state index in [1.165, 1.54) is 0 Å². The summed E-state index contributed by atoms with van der Waals surface area (Å²) >= 11 is 0. The van der Waals surface area contributed by atoms with E-state index in [-0.39, 0.29) is 22.1 Å². The lowest BCUT2D eigenvalue weighted by atomic mass is 10.1. The summed E-state index contributed by atoms with van der Waals surface area (Å²) in [5.74, 6) is 0. The number of fused-ring (bicyclic) bond motifs is 2. The second-order valence-electron chi connectivity index (χ2n) is 7.65. The Morgan fingerprint density at radius 2 is 0.763 bits per heavy atom. The lowest BCUT2D eigenvalue weighted by Crippen LogP contribution is -2.10. The Morgan fingerprint density at radius 3 is 1.03 bits per heavy atom. The van der Waals surface area contributed by atoms with Crippen molar-refractivity contribution in [2.75, 3.05) is 11.5 Å². The van der Waals surface area contributed by atoms with Gasteiger partial charge in [-0.25, -0.2) is 9.97 Å². The molecule has 38 heavy (non-hydrogen) atoms. The molecule has 4 nitrogen and oxygen atoms in total. The summed E-state index contributed by atoms with van der Waals surface area (Å²) in [6.07, 6.45) is -18.8. The Hall–Kier alpha value is -3.98. The fourth-order valence-corrected chi connectivity index (χ4v) is 3.15. The van der Waals surface area contributed by atoms with Crippen LogP contribution in [-0.4, -0.2) is 9.97 Å². The minimum atomic E-state index is -4.77. The molecule has 0 amide bonds. The van der Waals surface area contributed by atoms with Crippen LogP contribution in [0.3, 0.4) is 0 Å². The molecular formula is C22H12F12N4. The number of rotatable bonds is 0. The van der Waals surface area contributed by atoms with E-state index in [9.17, 15) is 52.7 Å². The Kier molecular flexibility index (Phi) is 7.07. The van der Waals surface area contributed by atoms with Crippen LogP contribution in [0.2, 0.25) is 0 Å². The fourth-order valence-electron chi connectivity index (χ4n) is 3.15. The van der Waals surface area contributed by atoms with E-state index in [1.54, 1.807) is 0 Å². The predicted molar refractivity (Wildman–Crippen MR) is 112 cm³/mol. The average molecular weight is 560 g/mol. The molecule has 0 unspecified atom stereocenters. The molecule has 0 aliphatic rings. The Balaban J connectivity index is 0.000000211. The number of alkyl halides is 12. The van der Waals surface area contributed by atoms with Gasteiger partial charge in [-0.15, -0.1) is 0 Å². The summed E-state index contributed by atoms with van der Waals surface area (Å²) in [7, 11) is 0. The number of halogens is 12. The zero-order valence-corrected chi connectivity index (χ0v) is 18.2. The van der Waals surface area contributed by atoms with E-state index in [4.69, 9.17) is 11.5 Å². The highest BCUT2D eigenvalue weighted by molar-refractivity contribution is 5.91. The highest BCUT2D eigenvalue weighted by Gasteiger charge is 2.36. The van der Waals surface area contributed by atoms with E-state index in [1.807, 2.05) is 0 Å². The number of nitrogens with two attached hydrogens (primary N) is 2. The highest BCUT2D eigenvalue weighted by Crippen LogP contribution is 2.37. The summed E-state index contributed by atoms with van der Waals surface area (Å²) in [5.41, 5.74) is 4.55. The molecule has 16 heteroatoms. The smallest absolute Gasteiger partial charge is 0.398 e. The van der Waals surface area contributed by atoms with Crippen LogP contribution in [0.5, 0.6) is 0 Å². The SMILES string of the molecule is Nc1cc(C(F)(F)F)nc2cc(C(F)(F)F)ccc12.Nc1cc(C(F)(F)F)nc2cc(C(F)(F)F)ccc12. The van der Waals surface area contributed by atoms with Gasteiger partial charge in [0.25, 0.3) is 0 Å². The van der Waals surface area contributed by atoms with Crippen LogP contribution in [0.15, 0.2) is 48.5 Å². The number of hydrogen-bond donors (Lipinski definition) is 2. The van der Waals surface area contributed by atoms with Crippen molar-refractivity contribution in [3.63, 3.8) is 0 Å². The van der Waals surface area contributed by atoms with Crippen LogP contribution in [-0.2, 0) is 24.7 Å². The molecule has 204 valence electrons. The molecule has 0 atom stereocenters. The first-order valence-corrected chi connectivity index (χ1v) is 9.87. The van der Waals surface area contributed by atoms with E-state index in [0.29, 0.717) is 24.3 Å². The normalized spacial score (nSPS) is 12.9. The molecule has 4 aromatic rings. The van der Waals surface area contributed by atoms with Gasteiger partial charge in [-0.05, 0) is 36.4 Å². The second-order valence-corrected chi connectivity index (χ2v) is 7.65. The highest BCUT2D eigenvalue weighted by atomic mass is 19.4. The lowest BCUT2D eigenvalue weighted by molar-refractivity contribution is -0.141. The minimum Gasteiger partial charge on any atom is -0.398 e. The zero-order valence-electron chi connectivity index (χ0n) is 18.2. The molecule has 0 radical (unpaired) electrons. The average Bonchev–Trinajstić information content (AvgIpc) is 2.76. The summed E-state index contributed by atoms with van der Waals surface area (Å²) in [5, 5.41) is 0.0852. The summed E-state index contributed by atoms with van der Waals surface area (Å²) in [6.45, 7) is 0. The van der Waals surface area contributed by atoms with Crippen molar-refractivity contribution in [3.05, 3.63) is 71.0 Å². The fraction of sp³-hybridized carbons (Fsp3) is 0.182. The van der Waals surface area contributed by atoms with Crippen molar-refractivity contribution in [3.8, 4) is 0 Å². The quantitative estimate of drug-likeness (QED) is 0.216. The molecule has 0 bridgehead atoms. The van der Waals surface area contributed by atoms with Gasteiger partial charge in [0, 0.05) is 22.1 Å². The van der Waals surface area contributed by atoms with E-state index >= 15 is 0 Å². The third kappa shape index (κ3) is 6.28. The van der Waals surface area contributed by atoms with Gasteiger partial charge in [0.2, 0.25) is 0 Å². The number of pyridine rings is 2. The van der Waals surface area contributed by atoms with Gasteiger partial charge in [-0.3, -0.25) is 0 Å². The van der Waals surface area contributed by atoms with Crippen molar-refractivity contribution in [1.82, 2.24) is 9.97 Å². The predicted octanol–water partition coefficient (Wildman–Crippen LogP) is 7.71. The molecule has 2 aromatic carbocycles. The van der Waals surface area contributed by atoms with Crippen LogP contribution in [0, 0.1) is 0 Å². The number of anilines is 2. The van der Waals surface area contributed by atoms with Gasteiger partial charge in [0.1, 0.15) is 11.4 Å². The van der Waals surface area contributed by atoms with Crippen LogP contribution >= 0.6 is 0 Å². The van der Waals surface area contributed by atoms with Crippen molar-refractivity contribution in [2.24, 2.45) is 0 Å². The number of benzene rings is 2. The molecule has 4 rings (SSSR count). The maximum absolute atomic E-state index is 12.5. The van der Waals surface area contributed by atoms with Gasteiger partial charge in [0.15, 0.2) is 0 Å². The van der Waals surface area contributed by atoms with Gasteiger partial charge in [-0.1, -0.05) is 12.1 Å². The van der Waals surface area contributed by atoms with Crippen molar-refractivity contribution in [1.29, 1.82) is 0 Å². The maximum atomic E-state index is 12.5. The van der Waals surface area contributed by atoms with Crippen LogP contribution < -0.4 is 11.5 Å². The Labute approximate surface area is 203 Å². The Morgan fingerprint density at radius 1 is 0.447 bits per heavy atom. The zero-order chi connectivity index (χ0) is 28.8. The van der Waals surface area contributed by atoms with Gasteiger partial charge < -0.3 is 11.5 Å². The number of hydrogen-bond acceptors (Lipinski definition) is 4. The minimum absolute atomic E-state index is 0.0426. The second kappa shape index (κ2) is 9.40. The lowest BCUT2D eigenvalue weighted by Gasteiger charge is -2.11. The van der Waals surface area contributed by atoms with Crippen molar-refractivity contribution < 1.29 is 52.7 Å². The molecule has 0 aliphatic heterocycles. The molecule has 0 aliphatic carbocycles. The van der Waals surface area contributed by atoms with E-state index in [0.717, 1.165) is 24.3 Å². The molecule has 4 N–H and O–H groups in total. The summed E-state index contributed by atoms with van der Waals surface area (Å²) in [6, 6.07) is 5.76. The number of aromatic nitrogens is 2. The van der Waals surface area contributed by atoms with Crippen LogP contribution in [0.1, 0.15) is 22.5 Å². The molecule has 0 fully saturated rings. The first-order chi connectivity index (χ1) is 17.2. The first kappa shape index (κ1) is 28.6. The molecular weight excluding hydrogens is 548 g/mol. The number of nitrogen functional groups attached to an aromatic ring is 2. The first-order valence-electron chi connectivity index (χ1n) is 9.87. The largest absolute Gasteiger partial charge is 0.433 e. The molecule has 2 aromatic heterocycles. The third-order valence-electron chi connectivity index (χ3n) is 4.92. The monoisotopic (exact) mass is 560 g/mol. The molecule has 0 spiro atoms. The van der Waals surface area contributed by atoms with Gasteiger partial charge in [-0.2, -0.15) is 52.7 Å². The van der Waals surface area contributed by atoms with Crippen LogP contribution in [0.4, 0.5) is 64.1 Å². The Bertz CT molecular complexity index is 1360. The molecule has 0 saturated carbocycles. The van der Waals surface area contributed by atoms with E-state index < -0.39 is 58.3 Å². The van der Waals surface area contributed by atoms with E-state index in [2.05, 4.69) is 9.97 Å². The van der Waals surface area contributed by atoms with Gasteiger partial charge in [0.05, 0.1) is 22.2 Å².